The molecule has 1 unspecified atom stereocenters. The van der Waals surface area contributed by atoms with Crippen molar-refractivity contribution in [2.45, 2.75) is 26.8 Å². The van der Waals surface area contributed by atoms with E-state index in [0.717, 1.165) is 48.5 Å². The lowest BCUT2D eigenvalue weighted by atomic mass is 10.0. The topological polar surface area (TPSA) is 116 Å². The molecule has 10 nitrogen and oxygen atoms in total. The van der Waals surface area contributed by atoms with Crippen LogP contribution in [0.15, 0.2) is 24.3 Å². The van der Waals surface area contributed by atoms with Crippen LogP contribution in [0.2, 0.25) is 0 Å². The second-order valence-electron chi connectivity index (χ2n) is 9.08. The Morgan fingerprint density at radius 2 is 1.82 bits per heavy atom. The summed E-state index contributed by atoms with van der Waals surface area (Å²) in [7, 11) is 3.59. The van der Waals surface area contributed by atoms with Gasteiger partial charge in [-0.15, -0.1) is 0 Å². The van der Waals surface area contributed by atoms with Crippen molar-refractivity contribution in [1.29, 1.82) is 0 Å². The second-order valence-corrected chi connectivity index (χ2v) is 9.08. The van der Waals surface area contributed by atoms with Crippen molar-refractivity contribution >= 4 is 34.5 Å². The minimum absolute atomic E-state index is 0.109. The number of nitrogens with zero attached hydrogens (tertiary/aromatic N) is 7. The fourth-order valence-electron chi connectivity index (χ4n) is 4.16. The smallest absolute Gasteiger partial charge is 0.236 e. The first-order valence-corrected chi connectivity index (χ1v) is 11.5. The number of fused-ring (bicyclic) bond motifs is 1. The minimum Gasteiger partial charge on any atom is -0.368 e. The van der Waals surface area contributed by atoms with Gasteiger partial charge in [-0.1, -0.05) is 11.6 Å². The molecule has 0 radical (unpaired) electrons. The first-order valence-electron chi connectivity index (χ1n) is 11.5. The summed E-state index contributed by atoms with van der Waals surface area (Å²) in [6.45, 7) is 9.58. The lowest BCUT2D eigenvalue weighted by Crippen LogP contribution is -2.49. The third-order valence-corrected chi connectivity index (χ3v) is 6.08. The van der Waals surface area contributed by atoms with Crippen LogP contribution in [0.5, 0.6) is 0 Å². The number of hydrogen-bond donors (Lipinski definition) is 2. The maximum absolute atomic E-state index is 12.1. The summed E-state index contributed by atoms with van der Waals surface area (Å²) < 4.78 is 0. The molecule has 1 atom stereocenters. The van der Waals surface area contributed by atoms with Gasteiger partial charge in [-0.3, -0.25) is 9.69 Å². The Balaban J connectivity index is 1.62. The fourth-order valence-corrected chi connectivity index (χ4v) is 4.16. The maximum Gasteiger partial charge on any atom is 0.236 e. The highest BCUT2D eigenvalue weighted by atomic mass is 16.2. The van der Waals surface area contributed by atoms with Gasteiger partial charge in [0.1, 0.15) is 11.6 Å². The van der Waals surface area contributed by atoms with E-state index in [1.807, 2.05) is 0 Å². The van der Waals surface area contributed by atoms with E-state index in [1.54, 1.807) is 25.9 Å². The molecule has 4 rings (SSSR count). The van der Waals surface area contributed by atoms with Crippen molar-refractivity contribution < 1.29 is 4.79 Å². The summed E-state index contributed by atoms with van der Waals surface area (Å²) in [4.78, 5) is 36.0. The van der Waals surface area contributed by atoms with E-state index < -0.39 is 0 Å². The molecule has 180 valence electrons. The fraction of sp³-hybridized carbons (Fsp3) is 0.458. The highest BCUT2D eigenvalue weighted by Gasteiger charge is 2.25. The van der Waals surface area contributed by atoms with Crippen LogP contribution in [-0.4, -0.2) is 82.5 Å². The van der Waals surface area contributed by atoms with E-state index in [9.17, 15) is 4.79 Å². The van der Waals surface area contributed by atoms with Gasteiger partial charge < -0.3 is 20.9 Å². The molecule has 1 fully saturated rings. The minimum atomic E-state index is -0.109. The van der Waals surface area contributed by atoms with Gasteiger partial charge in [-0.2, -0.15) is 15.0 Å². The van der Waals surface area contributed by atoms with Crippen molar-refractivity contribution in [3.63, 3.8) is 0 Å². The van der Waals surface area contributed by atoms with Gasteiger partial charge in [0, 0.05) is 51.2 Å². The second kappa shape index (κ2) is 9.76. The first kappa shape index (κ1) is 23.6. The van der Waals surface area contributed by atoms with Crippen molar-refractivity contribution in [3.05, 3.63) is 41.2 Å². The molecule has 1 aromatic carbocycles. The van der Waals surface area contributed by atoms with Crippen LogP contribution in [0.25, 0.3) is 10.9 Å². The summed E-state index contributed by atoms with van der Waals surface area (Å²) in [6.07, 6.45) is 0. The van der Waals surface area contributed by atoms with Crippen LogP contribution in [0.4, 0.5) is 17.7 Å². The van der Waals surface area contributed by atoms with Crippen LogP contribution in [0, 0.1) is 13.8 Å². The lowest BCUT2D eigenvalue weighted by molar-refractivity contribution is -0.129. The molecule has 1 aliphatic rings. The number of rotatable bonds is 6. The molecule has 3 aromatic rings. The quantitative estimate of drug-likeness (QED) is 0.566. The number of nitrogens with two attached hydrogens (primary N) is 1. The van der Waals surface area contributed by atoms with Crippen LogP contribution in [-0.2, 0) is 4.79 Å². The van der Waals surface area contributed by atoms with Crippen molar-refractivity contribution in [2.24, 2.45) is 0 Å². The molecular weight excluding hydrogens is 430 g/mol. The van der Waals surface area contributed by atoms with E-state index in [-0.39, 0.29) is 17.9 Å². The Morgan fingerprint density at radius 3 is 2.50 bits per heavy atom. The number of amides is 1. The molecule has 3 N–H and O–H groups in total. The zero-order valence-corrected chi connectivity index (χ0v) is 20.5. The molecule has 0 bridgehead atoms. The summed E-state index contributed by atoms with van der Waals surface area (Å²) in [5, 5.41) is 4.47. The molecule has 1 aliphatic heterocycles. The van der Waals surface area contributed by atoms with Crippen molar-refractivity contribution in [1.82, 2.24) is 29.7 Å². The van der Waals surface area contributed by atoms with E-state index in [1.165, 1.54) is 5.56 Å². The van der Waals surface area contributed by atoms with Gasteiger partial charge in [-0.25, -0.2) is 4.98 Å². The number of pyridine rings is 1. The molecule has 0 saturated carbocycles. The van der Waals surface area contributed by atoms with Gasteiger partial charge in [0.15, 0.2) is 0 Å². The van der Waals surface area contributed by atoms with E-state index in [4.69, 9.17) is 10.7 Å². The van der Waals surface area contributed by atoms with Gasteiger partial charge in [-0.05, 0) is 39.0 Å². The molecule has 2 aromatic heterocycles. The molecule has 10 heteroatoms. The predicted molar refractivity (Wildman–Crippen MR) is 135 cm³/mol. The molecule has 1 amide bonds. The maximum atomic E-state index is 12.1. The number of nitrogen functional groups attached to an aromatic ring is 1. The van der Waals surface area contributed by atoms with Gasteiger partial charge >= 0.3 is 0 Å². The zero-order chi connectivity index (χ0) is 24.4. The first-order chi connectivity index (χ1) is 16.2. The van der Waals surface area contributed by atoms with Crippen molar-refractivity contribution in [3.8, 4) is 0 Å². The molecule has 34 heavy (non-hydrogen) atoms. The largest absolute Gasteiger partial charge is 0.368 e. The van der Waals surface area contributed by atoms with Crippen molar-refractivity contribution in [2.75, 3.05) is 62.8 Å². The van der Waals surface area contributed by atoms with Crippen LogP contribution in [0.1, 0.15) is 29.9 Å². The average molecular weight is 464 g/mol. The van der Waals surface area contributed by atoms with E-state index in [0.29, 0.717) is 18.3 Å². The molecule has 0 spiro atoms. The van der Waals surface area contributed by atoms with Gasteiger partial charge in [0.05, 0.1) is 18.1 Å². The monoisotopic (exact) mass is 463 g/mol. The summed E-state index contributed by atoms with van der Waals surface area (Å²) in [5.41, 5.74) is 9.03. The standard InChI is InChI=1S/C24H33N9O/c1-15-6-7-20-18(12-15)13-19(16(2)26-24-28-17(3)27-23(25)30-24)22(29-20)33-10-8-32(9-11-33)14-21(34)31(4)5/h6-7,12-13,16H,8-11,14H2,1-5H3,(H3,25,26,27,28,30). The number of hydrogen-bond acceptors (Lipinski definition) is 9. The van der Waals surface area contributed by atoms with Gasteiger partial charge in [0.2, 0.25) is 17.8 Å². The Kier molecular flexibility index (Phi) is 6.78. The predicted octanol–water partition coefficient (Wildman–Crippen LogP) is 2.00. The van der Waals surface area contributed by atoms with Gasteiger partial charge in [0.25, 0.3) is 0 Å². The number of nitrogens with one attached hydrogen (secondary N) is 1. The van der Waals surface area contributed by atoms with Crippen LogP contribution < -0.4 is 16.0 Å². The number of aromatic nitrogens is 4. The Bertz CT molecular complexity index is 1170. The van der Waals surface area contributed by atoms with E-state index in [2.05, 4.69) is 68.2 Å². The number of carbonyl (C=O) groups is 1. The Morgan fingerprint density at radius 1 is 1.09 bits per heavy atom. The normalized spacial score (nSPS) is 15.4. The summed E-state index contributed by atoms with van der Waals surface area (Å²) in [6, 6.07) is 8.39. The van der Waals surface area contributed by atoms with Crippen LogP contribution >= 0.6 is 0 Å². The number of likely N-dealkylation sites (N-methyl/N-ethyl adjacent to an activating group) is 1. The Hall–Kier alpha value is -3.53. The highest BCUT2D eigenvalue weighted by Crippen LogP contribution is 2.31. The number of carbonyl (C=O) groups excluding carboxylic acids is 1. The molecule has 3 heterocycles. The number of anilines is 3. The lowest BCUT2D eigenvalue weighted by Gasteiger charge is -2.37. The summed E-state index contributed by atoms with van der Waals surface area (Å²) in [5.74, 6) is 2.27. The number of aryl methyl sites for hydroxylation is 2. The SMILES string of the molecule is Cc1ccc2nc(N3CCN(CC(=O)N(C)C)CC3)c(C(C)Nc3nc(C)nc(N)n3)cc2c1. The third-order valence-electron chi connectivity index (χ3n) is 6.08. The molecule has 0 aliphatic carbocycles. The van der Waals surface area contributed by atoms with Crippen LogP contribution in [0.3, 0.4) is 0 Å². The number of benzene rings is 1. The highest BCUT2D eigenvalue weighted by molar-refractivity contribution is 5.83. The molecule has 1 saturated heterocycles. The summed E-state index contributed by atoms with van der Waals surface area (Å²) >= 11 is 0. The third kappa shape index (κ3) is 5.33. The van der Waals surface area contributed by atoms with E-state index >= 15 is 0 Å². The number of piperazine rings is 1. The average Bonchev–Trinajstić information content (AvgIpc) is 2.78. The zero-order valence-electron chi connectivity index (χ0n) is 20.5. The molecular formula is C24H33N9O. The Labute approximate surface area is 200 Å².